The van der Waals surface area contributed by atoms with Gasteiger partial charge in [-0.25, -0.2) is 0 Å². The smallest absolute Gasteiger partial charge is 0.307 e. The Labute approximate surface area is 137 Å². The lowest BCUT2D eigenvalue weighted by molar-refractivity contribution is -0.136. The van der Waals surface area contributed by atoms with Crippen LogP contribution in [0.15, 0.2) is 59.4 Å². The van der Waals surface area contributed by atoms with Crippen LogP contribution in [0.1, 0.15) is 5.56 Å². The van der Waals surface area contributed by atoms with E-state index in [0.717, 1.165) is 0 Å². The number of aromatic amines is 1. The van der Waals surface area contributed by atoms with Crippen molar-refractivity contribution in [2.24, 2.45) is 0 Å². The van der Waals surface area contributed by atoms with Gasteiger partial charge in [-0.3, -0.25) is 14.6 Å². The Morgan fingerprint density at radius 1 is 1.04 bits per heavy atom. The van der Waals surface area contributed by atoms with Crippen molar-refractivity contribution in [2.75, 3.05) is 5.32 Å². The van der Waals surface area contributed by atoms with Crippen LogP contribution in [-0.4, -0.2) is 26.3 Å². The van der Waals surface area contributed by atoms with Gasteiger partial charge in [0.05, 0.1) is 6.42 Å². The number of aliphatic carboxylic acids is 1. The summed E-state index contributed by atoms with van der Waals surface area (Å²) in [5.74, 6) is -0.673. The molecule has 0 unspecified atom stereocenters. The van der Waals surface area contributed by atoms with Gasteiger partial charge in [-0.05, 0) is 17.7 Å². The molecule has 0 bridgehead atoms. The molecule has 0 saturated carbocycles. The monoisotopic (exact) mass is 322 g/mol. The fraction of sp³-hybridized carbons (Fsp3) is 0.0588. The maximum Gasteiger partial charge on any atom is 0.307 e. The molecular formula is C17H14N4O3. The van der Waals surface area contributed by atoms with E-state index >= 15 is 0 Å². The van der Waals surface area contributed by atoms with Crippen molar-refractivity contribution in [1.29, 1.82) is 0 Å². The standard InChI is InChI=1S/C17H14N4O3/c22-14(23)10-11-6-8-13(9-7-11)18-17-19-16(24)15(20-21-17)12-4-2-1-3-5-12/h1-9H,10H2,(H,22,23)(H2,18,19,21,24). The molecule has 1 heterocycles. The highest BCUT2D eigenvalue weighted by molar-refractivity contribution is 5.70. The van der Waals surface area contributed by atoms with Crippen LogP contribution in [0.5, 0.6) is 0 Å². The summed E-state index contributed by atoms with van der Waals surface area (Å²) in [5.41, 5.74) is 1.95. The van der Waals surface area contributed by atoms with E-state index in [4.69, 9.17) is 5.11 Å². The number of nitrogens with one attached hydrogen (secondary N) is 2. The molecule has 0 aliphatic carbocycles. The van der Waals surface area contributed by atoms with Crippen LogP contribution in [0.2, 0.25) is 0 Å². The van der Waals surface area contributed by atoms with Crippen LogP contribution < -0.4 is 10.9 Å². The second kappa shape index (κ2) is 6.74. The zero-order chi connectivity index (χ0) is 16.9. The molecule has 0 saturated heterocycles. The summed E-state index contributed by atoms with van der Waals surface area (Å²) in [6.07, 6.45) is -0.0390. The highest BCUT2D eigenvalue weighted by Gasteiger charge is 2.07. The molecule has 7 heteroatoms. The maximum absolute atomic E-state index is 12.1. The van der Waals surface area contributed by atoms with Crippen molar-refractivity contribution < 1.29 is 9.90 Å². The fourth-order valence-corrected chi connectivity index (χ4v) is 2.20. The van der Waals surface area contributed by atoms with Crippen molar-refractivity contribution in [3.63, 3.8) is 0 Å². The summed E-state index contributed by atoms with van der Waals surface area (Å²) in [7, 11) is 0. The first-order chi connectivity index (χ1) is 11.6. The summed E-state index contributed by atoms with van der Waals surface area (Å²) in [6, 6.07) is 15.9. The molecule has 0 spiro atoms. The maximum atomic E-state index is 12.1. The van der Waals surface area contributed by atoms with Gasteiger partial charge >= 0.3 is 5.97 Å². The Balaban J connectivity index is 1.78. The first-order valence-corrected chi connectivity index (χ1v) is 7.22. The zero-order valence-corrected chi connectivity index (χ0v) is 12.6. The van der Waals surface area contributed by atoms with Crippen LogP contribution in [0.4, 0.5) is 11.6 Å². The van der Waals surface area contributed by atoms with Gasteiger partial charge in [0.25, 0.3) is 5.56 Å². The van der Waals surface area contributed by atoms with E-state index in [-0.39, 0.29) is 23.6 Å². The van der Waals surface area contributed by atoms with Crippen molar-refractivity contribution >= 4 is 17.6 Å². The van der Waals surface area contributed by atoms with E-state index in [0.29, 0.717) is 16.8 Å². The van der Waals surface area contributed by atoms with Gasteiger partial charge < -0.3 is 10.4 Å². The molecule has 2 aromatic carbocycles. The van der Waals surface area contributed by atoms with Gasteiger partial charge in [-0.2, -0.15) is 0 Å². The van der Waals surface area contributed by atoms with E-state index in [1.807, 2.05) is 18.2 Å². The summed E-state index contributed by atoms with van der Waals surface area (Å²) in [5, 5.41) is 19.6. The van der Waals surface area contributed by atoms with E-state index in [1.54, 1.807) is 36.4 Å². The Hall–Kier alpha value is -3.48. The average molecular weight is 322 g/mol. The summed E-state index contributed by atoms with van der Waals surface area (Å²) in [6.45, 7) is 0. The molecule has 7 nitrogen and oxygen atoms in total. The number of anilines is 2. The van der Waals surface area contributed by atoms with E-state index in [1.165, 1.54) is 0 Å². The molecule has 120 valence electrons. The minimum Gasteiger partial charge on any atom is -0.481 e. The molecule has 0 fully saturated rings. The Morgan fingerprint density at radius 2 is 1.75 bits per heavy atom. The molecule has 3 N–H and O–H groups in total. The normalized spacial score (nSPS) is 10.3. The van der Waals surface area contributed by atoms with Gasteiger partial charge in [0.2, 0.25) is 5.95 Å². The van der Waals surface area contributed by atoms with Crippen LogP contribution in [0.25, 0.3) is 11.3 Å². The van der Waals surface area contributed by atoms with E-state index in [9.17, 15) is 9.59 Å². The summed E-state index contributed by atoms with van der Waals surface area (Å²) in [4.78, 5) is 25.4. The first kappa shape index (κ1) is 15.4. The zero-order valence-electron chi connectivity index (χ0n) is 12.6. The first-order valence-electron chi connectivity index (χ1n) is 7.22. The number of carboxylic acids is 1. The molecule has 24 heavy (non-hydrogen) atoms. The van der Waals surface area contributed by atoms with Gasteiger partial charge in [-0.15, -0.1) is 10.2 Å². The van der Waals surface area contributed by atoms with Crippen LogP contribution in [0, 0.1) is 0 Å². The lowest BCUT2D eigenvalue weighted by atomic mass is 10.1. The van der Waals surface area contributed by atoms with Crippen molar-refractivity contribution in [3.05, 3.63) is 70.5 Å². The number of rotatable bonds is 5. The third kappa shape index (κ3) is 3.64. The molecule has 1 aromatic heterocycles. The van der Waals surface area contributed by atoms with Gasteiger partial charge in [-0.1, -0.05) is 42.5 Å². The highest BCUT2D eigenvalue weighted by atomic mass is 16.4. The van der Waals surface area contributed by atoms with Crippen molar-refractivity contribution in [1.82, 2.24) is 15.2 Å². The summed E-state index contributed by atoms with van der Waals surface area (Å²) >= 11 is 0. The number of hydrogen-bond donors (Lipinski definition) is 3. The molecule has 3 aromatic rings. The number of aromatic nitrogens is 3. The van der Waals surface area contributed by atoms with Crippen LogP contribution in [0.3, 0.4) is 0 Å². The molecular weight excluding hydrogens is 308 g/mol. The second-order valence-electron chi connectivity index (χ2n) is 5.11. The molecule has 3 rings (SSSR count). The lowest BCUT2D eigenvalue weighted by Gasteiger charge is -2.06. The quantitative estimate of drug-likeness (QED) is 0.664. The van der Waals surface area contributed by atoms with Crippen molar-refractivity contribution in [3.8, 4) is 11.3 Å². The Kier molecular flexibility index (Phi) is 4.33. The predicted octanol–water partition coefficient (Wildman–Crippen LogP) is 2.20. The minimum atomic E-state index is -0.887. The van der Waals surface area contributed by atoms with E-state index in [2.05, 4.69) is 20.5 Å². The van der Waals surface area contributed by atoms with Gasteiger partial charge in [0, 0.05) is 11.3 Å². The number of benzene rings is 2. The van der Waals surface area contributed by atoms with Crippen LogP contribution >= 0.6 is 0 Å². The molecule has 0 aliphatic rings. The number of H-pyrrole nitrogens is 1. The fourth-order valence-electron chi connectivity index (χ4n) is 2.20. The summed E-state index contributed by atoms with van der Waals surface area (Å²) < 4.78 is 0. The average Bonchev–Trinajstić information content (AvgIpc) is 2.57. The number of carboxylic acid groups (broad SMARTS) is 1. The topological polar surface area (TPSA) is 108 Å². The highest BCUT2D eigenvalue weighted by Crippen LogP contribution is 2.15. The minimum absolute atomic E-state index is 0.0390. The Bertz CT molecular complexity index is 905. The lowest BCUT2D eigenvalue weighted by Crippen LogP contribution is -2.15. The largest absolute Gasteiger partial charge is 0.481 e. The third-order valence-corrected chi connectivity index (χ3v) is 3.32. The number of nitrogens with zero attached hydrogens (tertiary/aromatic N) is 2. The second-order valence-corrected chi connectivity index (χ2v) is 5.11. The van der Waals surface area contributed by atoms with Gasteiger partial charge in [0.15, 0.2) is 5.69 Å². The molecule has 0 atom stereocenters. The SMILES string of the molecule is O=C(O)Cc1ccc(Nc2nnc(-c3ccccc3)c(=O)[nH]2)cc1. The number of hydrogen-bond acceptors (Lipinski definition) is 5. The predicted molar refractivity (Wildman–Crippen MR) is 89.2 cm³/mol. The molecule has 0 aliphatic heterocycles. The van der Waals surface area contributed by atoms with Gasteiger partial charge in [0.1, 0.15) is 0 Å². The Morgan fingerprint density at radius 3 is 2.38 bits per heavy atom. The third-order valence-electron chi connectivity index (χ3n) is 3.32. The molecule has 0 radical (unpaired) electrons. The molecule has 0 amide bonds. The number of carbonyl (C=O) groups is 1. The van der Waals surface area contributed by atoms with Crippen molar-refractivity contribution in [2.45, 2.75) is 6.42 Å². The van der Waals surface area contributed by atoms with E-state index < -0.39 is 5.97 Å². The van der Waals surface area contributed by atoms with Crippen LogP contribution in [-0.2, 0) is 11.2 Å².